The molecule has 0 saturated carbocycles. The van der Waals surface area contributed by atoms with Gasteiger partial charge in [-0.3, -0.25) is 14.8 Å². The number of piperidine rings is 1. The lowest BCUT2D eigenvalue weighted by molar-refractivity contribution is -0.137. The Labute approximate surface area is 243 Å². The van der Waals surface area contributed by atoms with Crippen LogP contribution in [0, 0.1) is 5.92 Å². The van der Waals surface area contributed by atoms with Crippen LogP contribution in [0.1, 0.15) is 49.8 Å². The fraction of sp³-hybridized carbons (Fsp3) is 0.438. The van der Waals surface area contributed by atoms with E-state index >= 15 is 0 Å². The van der Waals surface area contributed by atoms with Crippen molar-refractivity contribution in [1.82, 2.24) is 25.2 Å². The number of halogens is 3. The van der Waals surface area contributed by atoms with E-state index in [0.717, 1.165) is 61.2 Å². The summed E-state index contributed by atoms with van der Waals surface area (Å²) in [5, 5.41) is 3.78. The van der Waals surface area contributed by atoms with Gasteiger partial charge in [0.2, 0.25) is 5.91 Å². The van der Waals surface area contributed by atoms with Crippen molar-refractivity contribution < 1.29 is 18.0 Å². The van der Waals surface area contributed by atoms with Gasteiger partial charge in [-0.1, -0.05) is 18.2 Å². The number of anilines is 1. The van der Waals surface area contributed by atoms with Crippen LogP contribution < -0.4 is 10.2 Å². The molecule has 2 saturated heterocycles. The van der Waals surface area contributed by atoms with Gasteiger partial charge in [-0.05, 0) is 68.4 Å². The highest BCUT2D eigenvalue weighted by Crippen LogP contribution is 2.32. The molecule has 1 aliphatic carbocycles. The van der Waals surface area contributed by atoms with Gasteiger partial charge in [0.05, 0.1) is 11.3 Å². The fourth-order valence-corrected chi connectivity index (χ4v) is 6.32. The molecule has 3 aliphatic rings. The molecule has 1 unspecified atom stereocenters. The number of aromatic nitrogens is 3. The smallest absolute Gasteiger partial charge is 0.357 e. The second-order valence-corrected chi connectivity index (χ2v) is 11.5. The lowest BCUT2D eigenvalue weighted by Gasteiger charge is -2.34. The molecule has 7 nitrogen and oxygen atoms in total. The molecule has 1 N–H and O–H groups in total. The minimum absolute atomic E-state index is 0.0944. The third-order valence-electron chi connectivity index (χ3n) is 8.71. The van der Waals surface area contributed by atoms with Crippen molar-refractivity contribution in [1.29, 1.82) is 0 Å². The maximum absolute atomic E-state index is 13.3. The summed E-state index contributed by atoms with van der Waals surface area (Å²) in [5.41, 5.74) is 3.72. The first-order valence-corrected chi connectivity index (χ1v) is 14.7. The molecular weight excluding hydrogens is 541 g/mol. The minimum atomic E-state index is -4.40. The van der Waals surface area contributed by atoms with Crippen LogP contribution >= 0.6 is 0 Å². The van der Waals surface area contributed by atoms with Crippen molar-refractivity contribution in [3.63, 3.8) is 0 Å². The lowest BCUT2D eigenvalue weighted by atomic mass is 9.92. The summed E-state index contributed by atoms with van der Waals surface area (Å²) in [6, 6.07) is 10.9. The molecule has 2 aliphatic heterocycles. The molecule has 0 bridgehead atoms. The van der Waals surface area contributed by atoms with E-state index < -0.39 is 11.7 Å². The Morgan fingerprint density at radius 1 is 0.905 bits per heavy atom. The van der Waals surface area contributed by atoms with Crippen molar-refractivity contribution >= 4 is 17.3 Å². The zero-order chi connectivity index (χ0) is 29.1. The van der Waals surface area contributed by atoms with Gasteiger partial charge in [0.15, 0.2) is 0 Å². The maximum Gasteiger partial charge on any atom is 0.416 e. The minimum Gasteiger partial charge on any atom is -0.357 e. The fourth-order valence-electron chi connectivity index (χ4n) is 6.32. The number of rotatable bonds is 6. The molecule has 6 rings (SSSR count). The molecule has 1 amide bonds. The molecule has 0 radical (unpaired) electrons. The van der Waals surface area contributed by atoms with E-state index in [0.29, 0.717) is 44.3 Å². The second-order valence-electron chi connectivity index (χ2n) is 11.5. The standard InChI is InChI=1S/C32H35F3N6O/c33-32(34,35)26-9-14-37-30(18-26)40-15-10-23(11-16-40)31(42)41-17-12-28(21-41)39-27-6-3-22(4-7-27)29-8-5-25(20-38-29)24-2-1-13-36-19-24/h1-3,5,8-9,13-14,18-20,23,27-28,39H,4,6-7,10-12,15-17,21H2/t27?,28-/m0/s1. The number of nitrogens with one attached hydrogen (secondary N) is 1. The van der Waals surface area contributed by atoms with Crippen molar-refractivity contribution in [3.05, 3.63) is 78.5 Å². The average molecular weight is 577 g/mol. The van der Waals surface area contributed by atoms with E-state index in [1.807, 2.05) is 34.3 Å². The lowest BCUT2D eigenvalue weighted by Crippen LogP contribution is -2.44. The number of allylic oxidation sites excluding steroid dienone is 1. The number of amides is 1. The summed E-state index contributed by atoms with van der Waals surface area (Å²) in [5.74, 6) is 0.397. The topological polar surface area (TPSA) is 74.2 Å². The molecule has 2 atom stereocenters. The number of hydrogen-bond donors (Lipinski definition) is 1. The first kappa shape index (κ1) is 28.3. The molecule has 2 fully saturated rings. The predicted molar refractivity (Wildman–Crippen MR) is 155 cm³/mol. The predicted octanol–water partition coefficient (Wildman–Crippen LogP) is 5.60. The Kier molecular flexibility index (Phi) is 8.24. The van der Waals surface area contributed by atoms with Gasteiger partial charge in [0, 0.05) is 80.1 Å². The summed E-state index contributed by atoms with van der Waals surface area (Å²) < 4.78 is 39.3. The summed E-state index contributed by atoms with van der Waals surface area (Å²) in [7, 11) is 0. The SMILES string of the molecule is O=C(C1CCN(c2cc(C(F)(F)F)ccn2)CC1)N1CC[C@H](NC2CC=C(c3ccc(-c4cccnc4)cn3)CC2)C1. The molecule has 42 heavy (non-hydrogen) atoms. The zero-order valence-electron chi connectivity index (χ0n) is 23.4. The molecular formula is C32H35F3N6O. The van der Waals surface area contributed by atoms with E-state index in [9.17, 15) is 18.0 Å². The highest BCUT2D eigenvalue weighted by atomic mass is 19.4. The molecule has 0 spiro atoms. The van der Waals surface area contributed by atoms with Gasteiger partial charge in [-0.2, -0.15) is 13.2 Å². The van der Waals surface area contributed by atoms with Crippen LogP contribution in [-0.4, -0.2) is 64.0 Å². The number of carbonyl (C=O) groups excluding carboxylic acids is 1. The van der Waals surface area contributed by atoms with Crippen molar-refractivity contribution in [2.24, 2.45) is 5.92 Å². The van der Waals surface area contributed by atoms with Crippen molar-refractivity contribution in [2.45, 2.75) is 56.8 Å². The first-order valence-electron chi connectivity index (χ1n) is 14.7. The summed E-state index contributed by atoms with van der Waals surface area (Å²) in [6.45, 7) is 2.50. The van der Waals surface area contributed by atoms with E-state index in [-0.39, 0.29) is 17.9 Å². The normalized spacial score (nSPS) is 21.8. The van der Waals surface area contributed by atoms with Crippen LogP contribution in [0.5, 0.6) is 0 Å². The van der Waals surface area contributed by atoms with Crippen LogP contribution in [0.15, 0.2) is 67.3 Å². The van der Waals surface area contributed by atoms with E-state index in [1.165, 1.54) is 11.8 Å². The largest absolute Gasteiger partial charge is 0.416 e. The molecule has 220 valence electrons. The van der Waals surface area contributed by atoms with Crippen molar-refractivity contribution in [3.8, 4) is 11.1 Å². The monoisotopic (exact) mass is 576 g/mol. The highest BCUT2D eigenvalue weighted by molar-refractivity contribution is 5.79. The molecule has 10 heteroatoms. The van der Waals surface area contributed by atoms with Crippen LogP contribution in [0.3, 0.4) is 0 Å². The quantitative estimate of drug-likeness (QED) is 0.412. The van der Waals surface area contributed by atoms with Crippen LogP contribution in [0.2, 0.25) is 0 Å². The highest BCUT2D eigenvalue weighted by Gasteiger charge is 2.35. The molecule has 3 aromatic heterocycles. The molecule has 3 aromatic rings. The van der Waals surface area contributed by atoms with E-state index in [2.05, 4.69) is 33.5 Å². The summed E-state index contributed by atoms with van der Waals surface area (Å²) in [4.78, 5) is 30.1. The average Bonchev–Trinajstić information content (AvgIpc) is 3.50. The van der Waals surface area contributed by atoms with Gasteiger partial charge in [0.25, 0.3) is 0 Å². The van der Waals surface area contributed by atoms with Gasteiger partial charge in [0.1, 0.15) is 5.82 Å². The number of pyridine rings is 3. The Balaban J connectivity index is 0.960. The molecule has 0 aromatic carbocycles. The van der Waals surface area contributed by atoms with Gasteiger partial charge in [-0.15, -0.1) is 0 Å². The zero-order valence-corrected chi connectivity index (χ0v) is 23.4. The number of nitrogens with zero attached hydrogens (tertiary/aromatic N) is 5. The van der Waals surface area contributed by atoms with E-state index in [1.54, 1.807) is 6.20 Å². The van der Waals surface area contributed by atoms with Crippen molar-refractivity contribution in [2.75, 3.05) is 31.1 Å². The van der Waals surface area contributed by atoms with Gasteiger partial charge < -0.3 is 15.1 Å². The summed E-state index contributed by atoms with van der Waals surface area (Å²) in [6.07, 6.45) is 9.73. The van der Waals surface area contributed by atoms with Gasteiger partial charge >= 0.3 is 6.18 Å². The Hall–Kier alpha value is -3.79. The number of hydrogen-bond acceptors (Lipinski definition) is 6. The Morgan fingerprint density at radius 3 is 2.43 bits per heavy atom. The Morgan fingerprint density at radius 2 is 1.74 bits per heavy atom. The van der Waals surface area contributed by atoms with Crippen LogP contribution in [0.4, 0.5) is 19.0 Å². The van der Waals surface area contributed by atoms with Crippen LogP contribution in [0.25, 0.3) is 16.7 Å². The first-order chi connectivity index (χ1) is 20.3. The summed E-state index contributed by atoms with van der Waals surface area (Å²) >= 11 is 0. The number of likely N-dealkylation sites (tertiary alicyclic amines) is 1. The Bertz CT molecular complexity index is 1400. The molecule has 5 heterocycles. The second kappa shape index (κ2) is 12.2. The van der Waals surface area contributed by atoms with Gasteiger partial charge in [-0.25, -0.2) is 4.98 Å². The third-order valence-corrected chi connectivity index (χ3v) is 8.71. The maximum atomic E-state index is 13.3. The number of carbonyl (C=O) groups is 1. The number of alkyl halides is 3. The van der Waals surface area contributed by atoms with E-state index in [4.69, 9.17) is 4.98 Å². The third kappa shape index (κ3) is 6.48. The van der Waals surface area contributed by atoms with Crippen LogP contribution in [-0.2, 0) is 11.0 Å².